The molecule has 0 spiro atoms. The maximum absolute atomic E-state index is 13.2. The van der Waals surface area contributed by atoms with Gasteiger partial charge in [-0.25, -0.2) is 9.10 Å². The highest BCUT2D eigenvalue weighted by atomic mass is 32.1. The monoisotopic (exact) mass is 702 g/mol. The molecule has 5 amide bonds. The summed E-state index contributed by atoms with van der Waals surface area (Å²) in [6.45, 7) is 29.3. The number of hydrogen-bond donors (Lipinski definition) is 6. The molecule has 0 radical (unpaired) electrons. The van der Waals surface area contributed by atoms with E-state index in [1.807, 2.05) is 43.8 Å². The van der Waals surface area contributed by atoms with E-state index in [1.165, 1.54) is 26.2 Å². The van der Waals surface area contributed by atoms with E-state index in [9.17, 15) is 24.0 Å². The largest absolute Gasteiger partial charge is 0.363 e. The second kappa shape index (κ2) is 23.9. The zero-order chi connectivity index (χ0) is 37.8. The number of Topliss-reactive ketones (excluding diaryl/α,β-unsaturated/α-hetero) is 1. The number of urea groups is 1. The molecule has 13 heteroatoms. The Morgan fingerprint density at radius 2 is 1.48 bits per heavy atom. The number of likely N-dealkylation sites (tertiary alicyclic amines) is 1. The molecule has 1 aliphatic carbocycles. The molecule has 6 N–H and O–H groups in total. The first-order chi connectivity index (χ1) is 22.1. The Labute approximate surface area is 297 Å². The Hall–Kier alpha value is -2.38. The number of nitrogens with zero attached hydrogens (tertiary/aromatic N) is 2. The molecule has 4 atom stereocenters. The van der Waals surface area contributed by atoms with Crippen LogP contribution in [0.4, 0.5) is 4.79 Å². The number of nitrogens with two attached hydrogens (primary N) is 1. The molecular formula is C35H71N7O5S. The van der Waals surface area contributed by atoms with Gasteiger partial charge in [-0.2, -0.15) is 0 Å². The highest BCUT2D eigenvalue weighted by molar-refractivity contribution is 7.77. The van der Waals surface area contributed by atoms with Gasteiger partial charge in [0.25, 0.3) is 5.91 Å². The van der Waals surface area contributed by atoms with Crippen molar-refractivity contribution in [3.63, 3.8) is 0 Å². The zero-order valence-electron chi connectivity index (χ0n) is 32.4. The number of thiol groups is 1. The molecule has 1 aliphatic heterocycles. The molecule has 0 bridgehead atoms. The number of ketones is 1. The molecule has 2 fully saturated rings. The predicted octanol–water partition coefficient (Wildman–Crippen LogP) is 4.28. The molecule has 48 heavy (non-hydrogen) atoms. The van der Waals surface area contributed by atoms with Crippen molar-refractivity contribution in [2.24, 2.45) is 22.5 Å². The lowest BCUT2D eigenvalue weighted by atomic mass is 9.85. The fourth-order valence-corrected chi connectivity index (χ4v) is 4.78. The van der Waals surface area contributed by atoms with E-state index in [0.717, 1.165) is 38.4 Å². The van der Waals surface area contributed by atoms with Gasteiger partial charge in [0.05, 0.1) is 6.04 Å². The van der Waals surface area contributed by atoms with E-state index in [0.29, 0.717) is 19.0 Å². The zero-order valence-corrected chi connectivity index (χ0v) is 33.3. The van der Waals surface area contributed by atoms with Crippen LogP contribution >= 0.6 is 12.8 Å². The van der Waals surface area contributed by atoms with Crippen LogP contribution in [0, 0.1) is 16.7 Å². The number of primary amides is 1. The van der Waals surface area contributed by atoms with Gasteiger partial charge in [-0.05, 0) is 57.3 Å². The quantitative estimate of drug-likeness (QED) is 0.0722. The number of rotatable bonds is 13. The number of amides is 5. The second-order valence-corrected chi connectivity index (χ2v) is 15.6. The van der Waals surface area contributed by atoms with Crippen molar-refractivity contribution in [3.8, 4) is 0 Å². The Morgan fingerprint density at radius 1 is 0.938 bits per heavy atom. The van der Waals surface area contributed by atoms with E-state index < -0.39 is 23.8 Å². The molecule has 1 saturated heterocycles. The Balaban J connectivity index is 0. The molecule has 0 aromatic heterocycles. The van der Waals surface area contributed by atoms with Crippen molar-refractivity contribution in [1.29, 1.82) is 0 Å². The van der Waals surface area contributed by atoms with Gasteiger partial charge in [-0.3, -0.25) is 19.2 Å². The SMILES string of the molecule is CC.CC(C)N(S)CCNCC(NC(=O)NC(C(=O)N1CCCC1C)C(C)(C)C)C(C)(C)C.CC(NC=O)C(=O)C(N)=O.CC1CCC1. The molecule has 2 aliphatic rings. The summed E-state index contributed by atoms with van der Waals surface area (Å²) >= 11 is 4.47. The third kappa shape index (κ3) is 19.6. The maximum Gasteiger partial charge on any atom is 0.315 e. The van der Waals surface area contributed by atoms with E-state index in [4.69, 9.17) is 0 Å². The topological polar surface area (TPSA) is 166 Å². The summed E-state index contributed by atoms with van der Waals surface area (Å²) in [5.74, 6) is -0.760. The summed E-state index contributed by atoms with van der Waals surface area (Å²) in [6.07, 6.45) is 6.84. The van der Waals surface area contributed by atoms with Gasteiger partial charge in [0.1, 0.15) is 6.04 Å². The number of hydrogen-bond acceptors (Lipinski definition) is 8. The number of carbonyl (C=O) groups is 5. The van der Waals surface area contributed by atoms with Crippen LogP contribution in [0.2, 0.25) is 0 Å². The van der Waals surface area contributed by atoms with Gasteiger partial charge in [0, 0.05) is 44.3 Å². The van der Waals surface area contributed by atoms with Crippen LogP contribution in [-0.2, 0) is 19.2 Å². The highest BCUT2D eigenvalue weighted by Crippen LogP contribution is 2.26. The minimum absolute atomic E-state index is 0.0145. The first-order valence-electron chi connectivity index (χ1n) is 17.7. The average Bonchev–Trinajstić information content (AvgIpc) is 3.41. The van der Waals surface area contributed by atoms with Gasteiger partial charge in [0.15, 0.2) is 0 Å². The van der Waals surface area contributed by atoms with Crippen LogP contribution < -0.4 is 27.0 Å². The lowest BCUT2D eigenvalue weighted by Gasteiger charge is -2.37. The summed E-state index contributed by atoms with van der Waals surface area (Å²) in [5, 5.41) is 11.6. The minimum atomic E-state index is -1.04. The molecule has 2 rings (SSSR count). The molecule has 4 unspecified atom stereocenters. The van der Waals surface area contributed by atoms with Gasteiger partial charge in [0.2, 0.25) is 18.1 Å². The Bertz CT molecular complexity index is 964. The van der Waals surface area contributed by atoms with E-state index in [2.05, 4.69) is 88.3 Å². The standard InChI is InChI=1S/C23H47N5O2S.C5H8N2O3.C5H10.C2H6/c1-16(2)28(31)14-12-24-15-18(22(4,5)6)25-21(30)26-19(23(7,8)9)20(29)27-13-10-11-17(27)3;1-3(7-2-8)4(9)5(6)10;1-5-3-2-4-5;1-2/h16-19,24,31H,10-15H2,1-9H3,(H2,25,26,30);2-3H,1H3,(H2,6,10)(H,7,8);5H,2-4H2,1H3;1-2H3. The van der Waals surface area contributed by atoms with E-state index in [-0.39, 0.29) is 34.9 Å². The highest BCUT2D eigenvalue weighted by Gasteiger charge is 2.39. The first kappa shape index (κ1) is 47.7. The second-order valence-electron chi connectivity index (χ2n) is 15.1. The van der Waals surface area contributed by atoms with Crippen LogP contribution in [0.15, 0.2) is 0 Å². The van der Waals surface area contributed by atoms with Crippen molar-refractivity contribution in [2.75, 3.05) is 26.2 Å². The summed E-state index contributed by atoms with van der Waals surface area (Å²) in [5.41, 5.74) is 4.12. The van der Waals surface area contributed by atoms with Crippen molar-refractivity contribution in [2.45, 2.75) is 152 Å². The average molecular weight is 702 g/mol. The maximum atomic E-state index is 13.2. The van der Waals surface area contributed by atoms with Crippen molar-refractivity contribution >= 4 is 42.9 Å². The molecule has 1 saturated carbocycles. The van der Waals surface area contributed by atoms with E-state index >= 15 is 0 Å². The third-order valence-electron chi connectivity index (χ3n) is 8.39. The molecule has 1 heterocycles. The summed E-state index contributed by atoms with van der Waals surface area (Å²) in [6, 6.07) is -1.16. The molecule has 282 valence electrons. The minimum Gasteiger partial charge on any atom is -0.363 e. The lowest BCUT2D eigenvalue weighted by Crippen LogP contribution is -2.60. The lowest BCUT2D eigenvalue weighted by molar-refractivity contribution is -0.137. The number of carbonyl (C=O) groups excluding carboxylic acids is 5. The van der Waals surface area contributed by atoms with Crippen LogP contribution in [0.3, 0.4) is 0 Å². The molecule has 0 aromatic carbocycles. The van der Waals surface area contributed by atoms with Gasteiger partial charge in [-0.1, -0.05) is 94.4 Å². The van der Waals surface area contributed by atoms with Crippen LogP contribution in [0.5, 0.6) is 0 Å². The summed E-state index contributed by atoms with van der Waals surface area (Å²) in [7, 11) is 0. The fraction of sp³-hybridized carbons (Fsp3) is 0.857. The normalized spacial score (nSPS) is 17.9. The predicted molar refractivity (Wildman–Crippen MR) is 199 cm³/mol. The Kier molecular flexibility index (Phi) is 23.8. The molecule has 12 nitrogen and oxygen atoms in total. The van der Waals surface area contributed by atoms with Crippen LogP contribution in [0.25, 0.3) is 0 Å². The van der Waals surface area contributed by atoms with Gasteiger partial charge >= 0.3 is 6.03 Å². The van der Waals surface area contributed by atoms with Crippen molar-refractivity contribution in [3.05, 3.63) is 0 Å². The van der Waals surface area contributed by atoms with Crippen molar-refractivity contribution < 1.29 is 24.0 Å². The first-order valence-corrected chi connectivity index (χ1v) is 18.1. The van der Waals surface area contributed by atoms with E-state index in [1.54, 1.807) is 0 Å². The van der Waals surface area contributed by atoms with Gasteiger partial charge in [-0.15, -0.1) is 0 Å². The number of nitrogens with one attached hydrogen (secondary N) is 4. The summed E-state index contributed by atoms with van der Waals surface area (Å²) in [4.78, 5) is 58.5. The molecular weight excluding hydrogens is 630 g/mol. The van der Waals surface area contributed by atoms with Gasteiger partial charge < -0.3 is 31.9 Å². The van der Waals surface area contributed by atoms with Crippen molar-refractivity contribution in [1.82, 2.24) is 30.5 Å². The third-order valence-corrected chi connectivity index (χ3v) is 9.05. The summed E-state index contributed by atoms with van der Waals surface area (Å²) < 4.78 is 1.98. The van der Waals surface area contributed by atoms with Crippen LogP contribution in [0.1, 0.15) is 122 Å². The Morgan fingerprint density at radius 3 is 1.83 bits per heavy atom. The smallest absolute Gasteiger partial charge is 0.315 e. The molecule has 0 aromatic rings. The fourth-order valence-electron chi connectivity index (χ4n) is 4.68. The van der Waals surface area contributed by atoms with Crippen LogP contribution in [-0.4, -0.2) is 95.6 Å².